The van der Waals surface area contributed by atoms with Crippen molar-refractivity contribution in [1.29, 1.82) is 0 Å². The molecule has 0 radical (unpaired) electrons. The Morgan fingerprint density at radius 3 is 1.75 bits per heavy atom. The highest BCUT2D eigenvalue weighted by atomic mass is 28.4. The lowest BCUT2D eigenvalue weighted by atomic mass is 10.6. The van der Waals surface area contributed by atoms with E-state index in [-0.39, 0.29) is 5.91 Å². The third kappa shape index (κ3) is 9.55. The minimum Gasteiger partial charge on any atom is -0.533 e. The smallest absolute Gasteiger partial charge is 0.244 e. The third-order valence-electron chi connectivity index (χ3n) is 2.35. The molecule has 0 aliphatic heterocycles. The molecule has 0 rings (SSSR count). The Labute approximate surface area is 128 Å². The van der Waals surface area contributed by atoms with E-state index < -0.39 is 24.5 Å². The summed E-state index contributed by atoms with van der Waals surface area (Å²) in [5.74, 6) is 0.971. The predicted octanol–water partition coefficient (Wildman–Crippen LogP) is 4.35. The van der Waals surface area contributed by atoms with Crippen molar-refractivity contribution < 1.29 is 9.22 Å². The first-order valence-electron chi connectivity index (χ1n) is 7.29. The summed E-state index contributed by atoms with van der Waals surface area (Å²) in [5, 5.41) is 0. The standard InChI is InChI=1S/C14H33NO2Si3/c1-15(13(16)11-18(2,3)4)14(12-19(5,6)7)17-20(8,9)10/h12H,11H2,1-10H3. The minimum absolute atomic E-state index is 0.187. The molecule has 6 heteroatoms. The molecule has 0 saturated carbocycles. The number of carbonyl (C=O) groups is 1. The lowest BCUT2D eigenvalue weighted by molar-refractivity contribution is -0.127. The first-order chi connectivity index (χ1) is 8.61. The monoisotopic (exact) mass is 331 g/mol. The van der Waals surface area contributed by atoms with Gasteiger partial charge in [-0.1, -0.05) is 39.3 Å². The first-order valence-corrected chi connectivity index (χ1v) is 18.0. The molecular formula is C14H33NO2Si3. The number of hydrogen-bond acceptors (Lipinski definition) is 2. The van der Waals surface area contributed by atoms with Crippen LogP contribution in [-0.4, -0.2) is 42.3 Å². The van der Waals surface area contributed by atoms with Gasteiger partial charge in [0.25, 0.3) is 0 Å². The van der Waals surface area contributed by atoms with E-state index in [4.69, 9.17) is 4.43 Å². The molecule has 1 amide bonds. The molecule has 0 saturated heterocycles. The van der Waals surface area contributed by atoms with Crippen molar-refractivity contribution in [2.24, 2.45) is 0 Å². The highest BCUT2D eigenvalue weighted by molar-refractivity contribution is 6.81. The second kappa shape index (κ2) is 6.62. The SMILES string of the molecule is CN(C(=O)C[Si](C)(C)C)C(=C[Si](C)(C)C)O[Si](C)(C)C. The average Bonchev–Trinajstić information content (AvgIpc) is 2.07. The maximum Gasteiger partial charge on any atom is 0.244 e. The molecule has 0 aromatic rings. The average molecular weight is 332 g/mol. The predicted molar refractivity (Wildman–Crippen MR) is 96.8 cm³/mol. The maximum absolute atomic E-state index is 12.4. The van der Waals surface area contributed by atoms with Gasteiger partial charge in [0, 0.05) is 13.1 Å². The van der Waals surface area contributed by atoms with Crippen LogP contribution >= 0.6 is 0 Å². The molecule has 0 atom stereocenters. The Bertz CT molecular complexity index is 373. The number of carbonyl (C=O) groups excluding carboxylic acids is 1. The van der Waals surface area contributed by atoms with Crippen LogP contribution in [0.5, 0.6) is 0 Å². The van der Waals surface area contributed by atoms with E-state index >= 15 is 0 Å². The molecule has 0 aliphatic rings. The molecule has 0 aromatic carbocycles. The van der Waals surface area contributed by atoms with Crippen molar-refractivity contribution in [2.75, 3.05) is 7.05 Å². The van der Waals surface area contributed by atoms with Gasteiger partial charge >= 0.3 is 0 Å². The van der Waals surface area contributed by atoms with Crippen molar-refractivity contribution in [1.82, 2.24) is 4.90 Å². The van der Waals surface area contributed by atoms with Gasteiger partial charge in [0.1, 0.15) is 0 Å². The van der Waals surface area contributed by atoms with Gasteiger partial charge in [-0.15, -0.1) is 0 Å². The van der Waals surface area contributed by atoms with E-state index in [0.717, 1.165) is 5.88 Å². The topological polar surface area (TPSA) is 29.5 Å². The normalized spacial score (nSPS) is 14.2. The third-order valence-corrected chi connectivity index (χ3v) is 5.65. The van der Waals surface area contributed by atoms with Crippen LogP contribution < -0.4 is 0 Å². The first kappa shape index (κ1) is 19.7. The van der Waals surface area contributed by atoms with Gasteiger partial charge in [-0.25, -0.2) is 0 Å². The number of hydrogen-bond donors (Lipinski definition) is 0. The van der Waals surface area contributed by atoms with E-state index in [2.05, 4.69) is 64.6 Å². The zero-order valence-electron chi connectivity index (χ0n) is 15.0. The molecular weight excluding hydrogens is 298 g/mol. The fourth-order valence-electron chi connectivity index (χ4n) is 1.57. The summed E-state index contributed by atoms with van der Waals surface area (Å²) in [6, 6.07) is 0.668. The quantitative estimate of drug-likeness (QED) is 0.535. The van der Waals surface area contributed by atoms with Crippen molar-refractivity contribution >= 4 is 30.4 Å². The van der Waals surface area contributed by atoms with Crippen LogP contribution in [0.3, 0.4) is 0 Å². The lowest BCUT2D eigenvalue weighted by Gasteiger charge is -2.31. The number of nitrogens with zero attached hydrogens (tertiary/aromatic N) is 1. The molecule has 20 heavy (non-hydrogen) atoms. The van der Waals surface area contributed by atoms with Gasteiger partial charge < -0.3 is 4.43 Å². The summed E-state index contributed by atoms with van der Waals surface area (Å²) < 4.78 is 6.17. The van der Waals surface area contributed by atoms with Crippen molar-refractivity contribution in [2.45, 2.75) is 65.0 Å². The summed E-state index contributed by atoms with van der Waals surface area (Å²) in [5.41, 5.74) is 2.20. The highest BCUT2D eigenvalue weighted by Crippen LogP contribution is 2.20. The summed E-state index contributed by atoms with van der Waals surface area (Å²) in [7, 11) is -2.69. The Hall–Kier alpha value is -0.339. The van der Waals surface area contributed by atoms with Gasteiger partial charge in [-0.2, -0.15) is 0 Å². The van der Waals surface area contributed by atoms with Crippen molar-refractivity contribution in [3.63, 3.8) is 0 Å². The van der Waals surface area contributed by atoms with Crippen molar-refractivity contribution in [3.8, 4) is 0 Å². The molecule has 0 bridgehead atoms. The van der Waals surface area contributed by atoms with Gasteiger partial charge in [0.2, 0.25) is 14.2 Å². The van der Waals surface area contributed by atoms with Gasteiger partial charge in [-0.05, 0) is 25.3 Å². The van der Waals surface area contributed by atoms with Crippen LogP contribution in [0.1, 0.15) is 0 Å². The van der Waals surface area contributed by atoms with Crippen LogP contribution in [0, 0.1) is 0 Å². The van der Waals surface area contributed by atoms with Gasteiger partial charge in [0.05, 0.1) is 16.1 Å². The lowest BCUT2D eigenvalue weighted by Crippen LogP contribution is -2.39. The van der Waals surface area contributed by atoms with Crippen LogP contribution in [0.4, 0.5) is 0 Å². The van der Waals surface area contributed by atoms with E-state index in [1.807, 2.05) is 7.05 Å². The van der Waals surface area contributed by atoms with Crippen LogP contribution in [-0.2, 0) is 9.22 Å². The maximum atomic E-state index is 12.4. The molecule has 0 spiro atoms. The molecule has 0 aromatic heterocycles. The largest absolute Gasteiger partial charge is 0.533 e. The molecule has 0 unspecified atom stereocenters. The summed E-state index contributed by atoms with van der Waals surface area (Å²) in [6.45, 7) is 19.9. The molecule has 0 fully saturated rings. The second-order valence-corrected chi connectivity index (χ2v) is 23.7. The zero-order chi connectivity index (χ0) is 16.4. The molecule has 118 valence electrons. The van der Waals surface area contributed by atoms with Gasteiger partial charge in [-0.3, -0.25) is 9.69 Å². The Balaban J connectivity index is 5.24. The summed E-state index contributed by atoms with van der Waals surface area (Å²) >= 11 is 0. The highest BCUT2D eigenvalue weighted by Gasteiger charge is 2.27. The van der Waals surface area contributed by atoms with Gasteiger partial charge in [0.15, 0.2) is 5.88 Å². The minimum atomic E-state index is -1.72. The molecule has 0 aliphatic carbocycles. The summed E-state index contributed by atoms with van der Waals surface area (Å²) in [4.78, 5) is 14.2. The summed E-state index contributed by atoms with van der Waals surface area (Å²) in [6.07, 6.45) is 0. The zero-order valence-corrected chi connectivity index (χ0v) is 18.0. The van der Waals surface area contributed by atoms with Crippen LogP contribution in [0.25, 0.3) is 0 Å². The van der Waals surface area contributed by atoms with E-state index in [9.17, 15) is 4.79 Å². The van der Waals surface area contributed by atoms with Crippen LogP contribution in [0.15, 0.2) is 11.6 Å². The molecule has 0 N–H and O–H groups in total. The fraction of sp³-hybridized carbons (Fsp3) is 0.786. The van der Waals surface area contributed by atoms with E-state index in [1.165, 1.54) is 0 Å². The van der Waals surface area contributed by atoms with E-state index in [0.29, 0.717) is 6.04 Å². The van der Waals surface area contributed by atoms with Crippen molar-refractivity contribution in [3.05, 3.63) is 11.6 Å². The Morgan fingerprint density at radius 1 is 1.00 bits per heavy atom. The Morgan fingerprint density at radius 2 is 1.45 bits per heavy atom. The number of rotatable bonds is 6. The fourth-order valence-corrected chi connectivity index (χ4v) is 4.65. The number of amides is 1. The van der Waals surface area contributed by atoms with Crippen LogP contribution in [0.2, 0.25) is 65.0 Å². The molecule has 3 nitrogen and oxygen atoms in total. The van der Waals surface area contributed by atoms with E-state index in [1.54, 1.807) is 4.90 Å². The Kier molecular flexibility index (Phi) is 6.50. The molecule has 0 heterocycles. The second-order valence-electron chi connectivity index (χ2n) is 8.75.